The number of allylic oxidation sites excluding steroid dienone is 1. The number of ether oxygens (including phenoxy) is 2. The molecule has 0 bridgehead atoms. The molecule has 1 N–H and O–H groups in total. The number of nitrogens with zero attached hydrogens (tertiary/aromatic N) is 2. The minimum absolute atomic E-state index is 0.0248. The van der Waals surface area contributed by atoms with E-state index in [0.29, 0.717) is 5.39 Å². The predicted molar refractivity (Wildman–Crippen MR) is 112 cm³/mol. The first kappa shape index (κ1) is 25.4. The van der Waals surface area contributed by atoms with Gasteiger partial charge in [0, 0.05) is 19.2 Å². The summed E-state index contributed by atoms with van der Waals surface area (Å²) in [4.78, 5) is 12.3. The van der Waals surface area contributed by atoms with Crippen molar-refractivity contribution >= 4 is 26.7 Å². The number of pyridine rings is 1. The topological polar surface area (TPSA) is 113 Å². The Bertz CT molecular complexity index is 1340. The fourth-order valence-corrected chi connectivity index (χ4v) is 4.21. The lowest BCUT2D eigenvalue weighted by Crippen LogP contribution is -2.26. The summed E-state index contributed by atoms with van der Waals surface area (Å²) < 4.78 is 92.8. The van der Waals surface area contributed by atoms with Crippen molar-refractivity contribution in [2.75, 3.05) is 11.8 Å². The molecule has 0 spiro atoms. The van der Waals surface area contributed by atoms with Crippen LogP contribution in [0.15, 0.2) is 68.8 Å². The summed E-state index contributed by atoms with van der Waals surface area (Å²) in [5.41, 5.74) is -0.255. The first-order valence-electron chi connectivity index (χ1n) is 9.61. The predicted octanol–water partition coefficient (Wildman–Crippen LogP) is 4.10. The van der Waals surface area contributed by atoms with Crippen LogP contribution in [-0.4, -0.2) is 37.9 Å². The molecule has 3 rings (SSSR count). The van der Waals surface area contributed by atoms with Crippen LogP contribution in [0.5, 0.6) is 0 Å². The number of hydrogen-bond donors (Lipinski definition) is 1. The number of alkyl halides is 3. The lowest BCUT2D eigenvalue weighted by atomic mass is 10.1. The SMILES string of the molecule is COC(C/C(F)=C\[C@@H](C)n1c(=O)ccc2cc(S(=O)(=O)Nc3ccon3)ccc21)OC(F)(F)F. The van der Waals surface area contributed by atoms with Crippen molar-refractivity contribution in [3.63, 3.8) is 0 Å². The molecule has 9 nitrogen and oxygen atoms in total. The van der Waals surface area contributed by atoms with Gasteiger partial charge in [-0.25, -0.2) is 12.8 Å². The van der Waals surface area contributed by atoms with Gasteiger partial charge in [-0.15, -0.1) is 13.2 Å². The highest BCUT2D eigenvalue weighted by Crippen LogP contribution is 2.26. The number of hydrogen-bond acceptors (Lipinski definition) is 7. The smallest absolute Gasteiger partial charge is 0.363 e. The summed E-state index contributed by atoms with van der Waals surface area (Å²) >= 11 is 0. The molecule has 0 fully saturated rings. The van der Waals surface area contributed by atoms with Crippen LogP contribution >= 0.6 is 0 Å². The zero-order valence-corrected chi connectivity index (χ0v) is 18.6. The highest BCUT2D eigenvalue weighted by atomic mass is 32.2. The molecule has 2 aromatic heterocycles. The Labute approximate surface area is 190 Å². The van der Waals surface area contributed by atoms with E-state index in [4.69, 9.17) is 0 Å². The molecular formula is C20H19F4N3O6S. The van der Waals surface area contributed by atoms with Gasteiger partial charge in [0.25, 0.3) is 15.6 Å². The lowest BCUT2D eigenvalue weighted by molar-refractivity contribution is -0.375. The second-order valence-corrected chi connectivity index (χ2v) is 8.72. The van der Waals surface area contributed by atoms with Crippen LogP contribution in [-0.2, 0) is 19.5 Å². The second kappa shape index (κ2) is 9.95. The minimum atomic E-state index is -5.01. The fourth-order valence-electron chi connectivity index (χ4n) is 3.18. The summed E-state index contributed by atoms with van der Waals surface area (Å²) in [7, 11) is -3.08. The van der Waals surface area contributed by atoms with E-state index in [0.717, 1.165) is 19.3 Å². The van der Waals surface area contributed by atoms with Gasteiger partial charge in [0.05, 0.1) is 22.9 Å². The third kappa shape index (κ3) is 6.21. The molecule has 1 aromatic carbocycles. The molecular weight excluding hydrogens is 486 g/mol. The van der Waals surface area contributed by atoms with Gasteiger partial charge in [-0.05, 0) is 42.7 Å². The van der Waals surface area contributed by atoms with Crippen molar-refractivity contribution in [3.8, 4) is 0 Å². The molecule has 0 aliphatic carbocycles. The maximum absolute atomic E-state index is 14.4. The van der Waals surface area contributed by atoms with Gasteiger partial charge in [-0.2, -0.15) is 0 Å². The molecule has 0 saturated carbocycles. The Morgan fingerprint density at radius 3 is 2.62 bits per heavy atom. The lowest BCUT2D eigenvalue weighted by Gasteiger charge is -2.18. The third-order valence-electron chi connectivity index (χ3n) is 4.61. The van der Waals surface area contributed by atoms with E-state index in [-0.39, 0.29) is 16.2 Å². The summed E-state index contributed by atoms with van der Waals surface area (Å²) in [5, 5.41) is 3.82. The number of rotatable bonds is 9. The number of fused-ring (bicyclic) bond motifs is 1. The zero-order chi connectivity index (χ0) is 25.1. The van der Waals surface area contributed by atoms with Gasteiger partial charge in [-0.3, -0.25) is 14.3 Å². The van der Waals surface area contributed by atoms with Crippen LogP contribution in [0.4, 0.5) is 23.4 Å². The number of halogens is 4. The first-order chi connectivity index (χ1) is 15.9. The van der Waals surface area contributed by atoms with Gasteiger partial charge >= 0.3 is 6.36 Å². The Morgan fingerprint density at radius 2 is 2.00 bits per heavy atom. The van der Waals surface area contributed by atoms with Crippen molar-refractivity contribution < 1.29 is 40.0 Å². The van der Waals surface area contributed by atoms with Crippen LogP contribution < -0.4 is 10.3 Å². The standard InChI is InChI=1S/C20H19F4N3O6S/c1-12(9-14(21)11-19(31-2)33-20(22,23)24)27-16-5-4-15(10-13(16)3-6-18(27)28)34(29,30)26-17-7-8-32-25-17/h3-10,12,19H,11H2,1-2H3,(H,25,26)/b14-9+/t12-,19?/m1/s1. The quantitative estimate of drug-likeness (QED) is 0.344. The van der Waals surface area contributed by atoms with Crippen LogP contribution in [0.2, 0.25) is 0 Å². The molecule has 0 radical (unpaired) electrons. The molecule has 1 unspecified atom stereocenters. The molecule has 34 heavy (non-hydrogen) atoms. The Hall–Kier alpha value is -3.23. The molecule has 3 aromatic rings. The highest BCUT2D eigenvalue weighted by molar-refractivity contribution is 7.92. The number of anilines is 1. The molecule has 0 aliphatic heterocycles. The maximum Gasteiger partial charge on any atom is 0.524 e. The Morgan fingerprint density at radius 1 is 1.26 bits per heavy atom. The van der Waals surface area contributed by atoms with E-state index in [1.54, 1.807) is 0 Å². The van der Waals surface area contributed by atoms with E-state index in [1.807, 2.05) is 0 Å². The fraction of sp³-hybridized carbons (Fsp3) is 0.300. The first-order valence-corrected chi connectivity index (χ1v) is 11.1. The van der Waals surface area contributed by atoms with Crippen molar-refractivity contribution in [3.05, 3.63) is 64.9 Å². The summed E-state index contributed by atoms with van der Waals surface area (Å²) in [6.45, 7) is 1.45. The molecule has 0 saturated heterocycles. The molecule has 2 atom stereocenters. The van der Waals surface area contributed by atoms with E-state index in [2.05, 4.69) is 23.9 Å². The van der Waals surface area contributed by atoms with E-state index in [9.17, 15) is 30.8 Å². The van der Waals surface area contributed by atoms with Gasteiger partial charge in [0.1, 0.15) is 12.1 Å². The van der Waals surface area contributed by atoms with E-state index >= 15 is 0 Å². The van der Waals surface area contributed by atoms with Crippen molar-refractivity contribution in [1.82, 2.24) is 9.72 Å². The third-order valence-corrected chi connectivity index (χ3v) is 5.96. The van der Waals surface area contributed by atoms with Gasteiger partial charge in [-0.1, -0.05) is 5.16 Å². The minimum Gasteiger partial charge on any atom is -0.363 e. The van der Waals surface area contributed by atoms with Crippen LogP contribution in [0.3, 0.4) is 0 Å². The van der Waals surface area contributed by atoms with Crippen molar-refractivity contribution in [1.29, 1.82) is 0 Å². The van der Waals surface area contributed by atoms with E-state index < -0.39 is 46.5 Å². The van der Waals surface area contributed by atoms with Crippen molar-refractivity contribution in [2.24, 2.45) is 0 Å². The number of sulfonamides is 1. The molecule has 2 heterocycles. The van der Waals surface area contributed by atoms with Crippen LogP contribution in [0.1, 0.15) is 19.4 Å². The van der Waals surface area contributed by atoms with Gasteiger partial charge in [0.2, 0.25) is 0 Å². The molecule has 14 heteroatoms. The summed E-state index contributed by atoms with van der Waals surface area (Å²) in [6.07, 6.45) is -5.62. The molecule has 0 aliphatic rings. The van der Waals surface area contributed by atoms with E-state index in [1.165, 1.54) is 48.1 Å². The zero-order valence-electron chi connectivity index (χ0n) is 17.7. The van der Waals surface area contributed by atoms with Crippen LogP contribution in [0.25, 0.3) is 10.9 Å². The normalized spacial score (nSPS) is 14.8. The summed E-state index contributed by atoms with van der Waals surface area (Å²) in [5.74, 6) is -1.02. The highest BCUT2D eigenvalue weighted by Gasteiger charge is 2.34. The average Bonchev–Trinajstić information content (AvgIpc) is 3.23. The number of nitrogens with one attached hydrogen (secondary N) is 1. The van der Waals surface area contributed by atoms with Crippen LogP contribution in [0, 0.1) is 0 Å². The number of methoxy groups -OCH3 is 1. The summed E-state index contributed by atoms with van der Waals surface area (Å²) in [6, 6.07) is 6.85. The maximum atomic E-state index is 14.4. The average molecular weight is 505 g/mol. The van der Waals surface area contributed by atoms with Gasteiger partial charge < -0.3 is 13.8 Å². The van der Waals surface area contributed by atoms with Gasteiger partial charge in [0.15, 0.2) is 12.1 Å². The Balaban J connectivity index is 1.91. The molecule has 0 amide bonds. The van der Waals surface area contributed by atoms with Crippen molar-refractivity contribution in [2.45, 2.75) is 36.9 Å². The number of benzene rings is 1. The second-order valence-electron chi connectivity index (χ2n) is 7.04. The number of aromatic nitrogens is 2. The Kier molecular flexibility index (Phi) is 7.43. The molecule has 184 valence electrons. The monoisotopic (exact) mass is 505 g/mol. The largest absolute Gasteiger partial charge is 0.524 e.